The summed E-state index contributed by atoms with van der Waals surface area (Å²) in [7, 11) is -3.83. The van der Waals surface area contributed by atoms with E-state index >= 15 is 0 Å². The molecule has 2 aromatic carbocycles. The molecule has 0 spiro atoms. The highest BCUT2D eigenvalue weighted by Gasteiger charge is 2.19. The summed E-state index contributed by atoms with van der Waals surface area (Å²) in [4.78, 5) is 11.2. The predicted octanol–water partition coefficient (Wildman–Crippen LogP) is 3.34. The molecule has 2 aromatic rings. The number of nitrogens with one attached hydrogen (secondary N) is 1. The monoisotopic (exact) mass is 309 g/mol. The fourth-order valence-corrected chi connectivity index (χ4v) is 3.23. The number of Topliss-reactive ketones (excluding diaryl/α,β-unsaturated/α-hetero) is 1. The minimum atomic E-state index is -3.83. The number of anilines is 1. The van der Waals surface area contributed by atoms with Gasteiger partial charge < -0.3 is 0 Å². The van der Waals surface area contributed by atoms with Gasteiger partial charge in [0, 0.05) is 11.3 Å². The Balaban J connectivity index is 2.44. The Kier molecular flexibility index (Phi) is 4.11. The highest BCUT2D eigenvalue weighted by atomic mass is 35.5. The molecule has 20 heavy (non-hydrogen) atoms. The second kappa shape index (κ2) is 5.64. The lowest BCUT2D eigenvalue weighted by Gasteiger charge is -2.10. The summed E-state index contributed by atoms with van der Waals surface area (Å²) in [6.45, 7) is 1.37. The molecule has 0 aromatic heterocycles. The van der Waals surface area contributed by atoms with E-state index < -0.39 is 10.0 Å². The van der Waals surface area contributed by atoms with Crippen molar-refractivity contribution in [2.45, 2.75) is 11.8 Å². The average molecular weight is 310 g/mol. The normalized spacial score (nSPS) is 11.1. The van der Waals surface area contributed by atoms with Gasteiger partial charge in [0.05, 0.1) is 5.02 Å². The van der Waals surface area contributed by atoms with E-state index in [1.807, 2.05) is 0 Å². The quantitative estimate of drug-likeness (QED) is 0.881. The third kappa shape index (κ3) is 3.18. The van der Waals surface area contributed by atoms with Gasteiger partial charge in [0.2, 0.25) is 0 Å². The van der Waals surface area contributed by atoms with Crippen LogP contribution >= 0.6 is 11.6 Å². The molecule has 0 aliphatic heterocycles. The number of carbonyl (C=O) groups is 1. The molecule has 104 valence electrons. The number of ketones is 1. The van der Waals surface area contributed by atoms with E-state index in [1.54, 1.807) is 30.3 Å². The van der Waals surface area contributed by atoms with Gasteiger partial charge in [0.1, 0.15) is 4.90 Å². The predicted molar refractivity (Wildman–Crippen MR) is 78.7 cm³/mol. The minimum absolute atomic E-state index is 0.0680. The van der Waals surface area contributed by atoms with Crippen molar-refractivity contribution in [3.05, 3.63) is 59.1 Å². The van der Waals surface area contributed by atoms with Crippen LogP contribution in [-0.2, 0) is 10.0 Å². The number of hydrogen-bond donors (Lipinski definition) is 1. The Labute approximate surface area is 122 Å². The highest BCUT2D eigenvalue weighted by molar-refractivity contribution is 7.92. The second-order valence-electron chi connectivity index (χ2n) is 4.17. The molecule has 0 radical (unpaired) electrons. The van der Waals surface area contributed by atoms with E-state index in [9.17, 15) is 13.2 Å². The van der Waals surface area contributed by atoms with Crippen LogP contribution in [0.25, 0.3) is 0 Å². The van der Waals surface area contributed by atoms with Gasteiger partial charge >= 0.3 is 0 Å². The van der Waals surface area contributed by atoms with Crippen LogP contribution < -0.4 is 4.72 Å². The summed E-state index contributed by atoms with van der Waals surface area (Å²) < 4.78 is 27.0. The number of rotatable bonds is 4. The van der Waals surface area contributed by atoms with Gasteiger partial charge in [-0.15, -0.1) is 0 Å². The van der Waals surface area contributed by atoms with Crippen molar-refractivity contribution >= 4 is 33.1 Å². The van der Waals surface area contributed by atoms with E-state index in [2.05, 4.69) is 4.72 Å². The Hall–Kier alpha value is -1.85. The van der Waals surface area contributed by atoms with Crippen LogP contribution in [0.4, 0.5) is 5.69 Å². The molecule has 0 amide bonds. The van der Waals surface area contributed by atoms with Crippen molar-refractivity contribution in [3.63, 3.8) is 0 Å². The zero-order valence-electron chi connectivity index (χ0n) is 10.6. The fraction of sp³-hybridized carbons (Fsp3) is 0.0714. The topological polar surface area (TPSA) is 63.2 Å². The molecular formula is C14H12ClNO3S. The Morgan fingerprint density at radius 1 is 1.10 bits per heavy atom. The number of sulfonamides is 1. The number of halogens is 1. The summed E-state index contributed by atoms with van der Waals surface area (Å²) in [5.74, 6) is -0.224. The smallest absolute Gasteiger partial charge is 0.263 e. The molecule has 0 bridgehead atoms. The van der Waals surface area contributed by atoms with E-state index in [0.29, 0.717) is 11.3 Å². The van der Waals surface area contributed by atoms with Gasteiger partial charge in [-0.1, -0.05) is 29.8 Å². The summed E-state index contributed by atoms with van der Waals surface area (Å²) in [5, 5.41) is 0.0680. The molecule has 0 aliphatic rings. The second-order valence-corrected chi connectivity index (χ2v) is 6.23. The molecule has 6 heteroatoms. The van der Waals surface area contributed by atoms with Crippen molar-refractivity contribution in [1.82, 2.24) is 0 Å². The van der Waals surface area contributed by atoms with Gasteiger partial charge in [-0.05, 0) is 37.3 Å². The third-order valence-corrected chi connectivity index (χ3v) is 4.52. The summed E-state index contributed by atoms with van der Waals surface area (Å²) in [6.07, 6.45) is 0. The van der Waals surface area contributed by atoms with Crippen LogP contribution in [0.2, 0.25) is 5.02 Å². The first-order chi connectivity index (χ1) is 9.40. The Bertz CT molecular complexity index is 742. The molecular weight excluding hydrogens is 298 g/mol. The average Bonchev–Trinajstić information content (AvgIpc) is 2.39. The van der Waals surface area contributed by atoms with E-state index in [-0.39, 0.29) is 15.7 Å². The standard InChI is InChI=1S/C14H12ClNO3S/c1-10(17)11-7-8-13(15)14(9-11)20(18,19)16-12-5-3-2-4-6-12/h2-9,16H,1H3. The Morgan fingerprint density at radius 2 is 1.75 bits per heavy atom. The summed E-state index contributed by atoms with van der Waals surface area (Å²) in [6, 6.07) is 12.6. The van der Waals surface area contributed by atoms with Crippen molar-refractivity contribution < 1.29 is 13.2 Å². The fourth-order valence-electron chi connectivity index (χ4n) is 1.64. The molecule has 0 unspecified atom stereocenters. The van der Waals surface area contributed by atoms with Crippen LogP contribution in [0.1, 0.15) is 17.3 Å². The van der Waals surface area contributed by atoms with E-state index in [4.69, 9.17) is 11.6 Å². The molecule has 0 saturated heterocycles. The first-order valence-corrected chi connectivity index (χ1v) is 7.64. The first-order valence-electron chi connectivity index (χ1n) is 5.78. The van der Waals surface area contributed by atoms with Crippen LogP contribution in [0, 0.1) is 0 Å². The van der Waals surface area contributed by atoms with Gasteiger partial charge in [0.25, 0.3) is 10.0 Å². The van der Waals surface area contributed by atoms with Crippen molar-refractivity contribution in [3.8, 4) is 0 Å². The van der Waals surface area contributed by atoms with Gasteiger partial charge in [-0.25, -0.2) is 8.42 Å². The molecule has 0 atom stereocenters. The van der Waals surface area contributed by atoms with Crippen LogP contribution in [0.3, 0.4) is 0 Å². The highest BCUT2D eigenvalue weighted by Crippen LogP contribution is 2.25. The van der Waals surface area contributed by atoms with Crippen molar-refractivity contribution in [1.29, 1.82) is 0 Å². The van der Waals surface area contributed by atoms with Gasteiger partial charge in [-0.3, -0.25) is 9.52 Å². The first kappa shape index (κ1) is 14.6. The summed E-state index contributed by atoms with van der Waals surface area (Å²) in [5.41, 5.74) is 0.722. The number of benzene rings is 2. The lowest BCUT2D eigenvalue weighted by Crippen LogP contribution is -2.14. The molecule has 2 rings (SSSR count). The molecule has 0 aliphatic carbocycles. The lowest BCUT2D eigenvalue weighted by molar-refractivity contribution is 0.101. The molecule has 0 fully saturated rings. The SMILES string of the molecule is CC(=O)c1ccc(Cl)c(S(=O)(=O)Nc2ccccc2)c1. The molecule has 4 nitrogen and oxygen atoms in total. The minimum Gasteiger partial charge on any atom is -0.295 e. The maximum atomic E-state index is 12.3. The van der Waals surface area contributed by atoms with Crippen LogP contribution in [-0.4, -0.2) is 14.2 Å². The lowest BCUT2D eigenvalue weighted by atomic mass is 10.1. The van der Waals surface area contributed by atoms with E-state index in [1.165, 1.54) is 25.1 Å². The van der Waals surface area contributed by atoms with Crippen molar-refractivity contribution in [2.24, 2.45) is 0 Å². The van der Waals surface area contributed by atoms with Gasteiger partial charge in [0.15, 0.2) is 5.78 Å². The summed E-state index contributed by atoms with van der Waals surface area (Å²) >= 11 is 5.92. The number of hydrogen-bond acceptors (Lipinski definition) is 3. The maximum Gasteiger partial charge on any atom is 0.263 e. The zero-order chi connectivity index (χ0) is 14.8. The molecule has 0 heterocycles. The third-order valence-electron chi connectivity index (χ3n) is 2.65. The molecule has 0 saturated carbocycles. The maximum absolute atomic E-state index is 12.3. The molecule has 1 N–H and O–H groups in total. The van der Waals surface area contributed by atoms with E-state index in [0.717, 1.165) is 0 Å². The number of carbonyl (C=O) groups excluding carboxylic acids is 1. The number of para-hydroxylation sites is 1. The van der Waals surface area contributed by atoms with Crippen LogP contribution in [0.5, 0.6) is 0 Å². The zero-order valence-corrected chi connectivity index (χ0v) is 12.2. The van der Waals surface area contributed by atoms with Crippen LogP contribution in [0.15, 0.2) is 53.4 Å². The van der Waals surface area contributed by atoms with Crippen molar-refractivity contribution in [2.75, 3.05) is 4.72 Å². The largest absolute Gasteiger partial charge is 0.295 e. The van der Waals surface area contributed by atoms with Gasteiger partial charge in [-0.2, -0.15) is 0 Å². The Morgan fingerprint density at radius 3 is 2.35 bits per heavy atom.